The molecular formula is C15H30N4. The van der Waals surface area contributed by atoms with Gasteiger partial charge in [0.1, 0.15) is 0 Å². The first-order chi connectivity index (χ1) is 8.97. The minimum Gasteiger partial charge on any atom is -0.316 e. The number of nitrogens with zero attached hydrogens (tertiary/aromatic N) is 3. The summed E-state index contributed by atoms with van der Waals surface area (Å²) in [5.74, 6) is 0.527. The van der Waals surface area contributed by atoms with Crippen LogP contribution in [0.25, 0.3) is 0 Å². The SMILES string of the molecule is CCCNCC(C)c1c(C)nn(CCN(C)C)c1C. The van der Waals surface area contributed by atoms with Gasteiger partial charge in [-0.15, -0.1) is 0 Å². The maximum absolute atomic E-state index is 4.69. The number of rotatable bonds is 8. The van der Waals surface area contributed by atoms with E-state index in [-0.39, 0.29) is 0 Å². The summed E-state index contributed by atoms with van der Waals surface area (Å²) in [4.78, 5) is 2.20. The largest absolute Gasteiger partial charge is 0.316 e. The summed E-state index contributed by atoms with van der Waals surface area (Å²) in [6.07, 6.45) is 1.19. The van der Waals surface area contributed by atoms with Crippen LogP contribution in [0, 0.1) is 13.8 Å². The van der Waals surface area contributed by atoms with Gasteiger partial charge >= 0.3 is 0 Å². The molecule has 1 N–H and O–H groups in total. The van der Waals surface area contributed by atoms with E-state index in [1.54, 1.807) is 0 Å². The van der Waals surface area contributed by atoms with Crippen molar-refractivity contribution in [2.24, 2.45) is 0 Å². The van der Waals surface area contributed by atoms with Crippen molar-refractivity contribution in [3.05, 3.63) is 17.0 Å². The minimum absolute atomic E-state index is 0.527. The van der Waals surface area contributed by atoms with Gasteiger partial charge in [-0.05, 0) is 52.4 Å². The number of hydrogen-bond acceptors (Lipinski definition) is 3. The first kappa shape index (κ1) is 16.2. The minimum atomic E-state index is 0.527. The van der Waals surface area contributed by atoms with Crippen molar-refractivity contribution in [3.8, 4) is 0 Å². The van der Waals surface area contributed by atoms with Crippen LogP contribution in [0.3, 0.4) is 0 Å². The molecule has 1 unspecified atom stereocenters. The zero-order chi connectivity index (χ0) is 14.4. The standard InChI is InChI=1S/C15H30N4/c1-7-8-16-11-12(2)15-13(3)17-19(14(15)4)10-9-18(5)6/h12,16H,7-11H2,1-6H3. The van der Waals surface area contributed by atoms with Gasteiger partial charge in [-0.2, -0.15) is 5.10 Å². The highest BCUT2D eigenvalue weighted by atomic mass is 15.3. The zero-order valence-electron chi connectivity index (χ0n) is 13.5. The second-order valence-corrected chi connectivity index (χ2v) is 5.72. The molecule has 0 amide bonds. The molecule has 0 fully saturated rings. The number of aromatic nitrogens is 2. The van der Waals surface area contributed by atoms with Gasteiger partial charge in [0.2, 0.25) is 0 Å². The summed E-state index contributed by atoms with van der Waals surface area (Å²) in [5, 5.41) is 8.20. The van der Waals surface area contributed by atoms with Gasteiger partial charge in [0.25, 0.3) is 0 Å². The first-order valence-corrected chi connectivity index (χ1v) is 7.36. The van der Waals surface area contributed by atoms with E-state index in [1.165, 1.54) is 23.4 Å². The average molecular weight is 266 g/mol. The average Bonchev–Trinajstić information content (AvgIpc) is 2.62. The van der Waals surface area contributed by atoms with Gasteiger partial charge in [0.05, 0.1) is 12.2 Å². The highest BCUT2D eigenvalue weighted by Gasteiger charge is 2.17. The van der Waals surface area contributed by atoms with Crippen LogP contribution in [0.1, 0.15) is 43.1 Å². The number of likely N-dealkylation sites (N-methyl/N-ethyl adjacent to an activating group) is 1. The predicted molar refractivity (Wildman–Crippen MR) is 81.8 cm³/mol. The molecule has 0 aromatic carbocycles. The third-order valence-electron chi connectivity index (χ3n) is 3.57. The Balaban J connectivity index is 2.72. The van der Waals surface area contributed by atoms with Crippen molar-refractivity contribution in [1.82, 2.24) is 20.0 Å². The van der Waals surface area contributed by atoms with Crippen LogP contribution in [0.5, 0.6) is 0 Å². The molecule has 110 valence electrons. The lowest BCUT2D eigenvalue weighted by Crippen LogP contribution is -2.22. The van der Waals surface area contributed by atoms with E-state index in [0.29, 0.717) is 5.92 Å². The van der Waals surface area contributed by atoms with Gasteiger partial charge in [0.15, 0.2) is 0 Å². The molecule has 0 aliphatic rings. The molecule has 4 nitrogen and oxygen atoms in total. The van der Waals surface area contributed by atoms with Crippen LogP contribution in [0.15, 0.2) is 0 Å². The third-order valence-corrected chi connectivity index (χ3v) is 3.57. The number of hydrogen-bond donors (Lipinski definition) is 1. The summed E-state index contributed by atoms with van der Waals surface area (Å²) in [6, 6.07) is 0. The van der Waals surface area contributed by atoms with Crippen molar-refractivity contribution >= 4 is 0 Å². The Bertz CT molecular complexity index is 382. The molecule has 4 heteroatoms. The fourth-order valence-corrected chi connectivity index (χ4v) is 2.53. The Kier molecular flexibility index (Phi) is 6.52. The van der Waals surface area contributed by atoms with Crippen molar-refractivity contribution in [2.75, 3.05) is 33.7 Å². The third kappa shape index (κ3) is 4.62. The van der Waals surface area contributed by atoms with E-state index >= 15 is 0 Å². The van der Waals surface area contributed by atoms with Crippen LogP contribution in [0.4, 0.5) is 0 Å². The predicted octanol–water partition coefficient (Wildman–Crippen LogP) is 2.16. The normalized spacial score (nSPS) is 13.2. The molecule has 0 spiro atoms. The van der Waals surface area contributed by atoms with Crippen molar-refractivity contribution < 1.29 is 0 Å². The van der Waals surface area contributed by atoms with E-state index in [4.69, 9.17) is 5.10 Å². The smallest absolute Gasteiger partial charge is 0.0631 e. The molecule has 0 radical (unpaired) electrons. The molecule has 1 heterocycles. The molecule has 1 atom stereocenters. The molecule has 0 saturated heterocycles. The molecule has 0 saturated carbocycles. The van der Waals surface area contributed by atoms with Gasteiger partial charge in [-0.1, -0.05) is 13.8 Å². The highest BCUT2D eigenvalue weighted by molar-refractivity contribution is 5.28. The number of nitrogens with one attached hydrogen (secondary N) is 1. The Hall–Kier alpha value is -0.870. The van der Waals surface area contributed by atoms with E-state index in [2.05, 4.69) is 56.7 Å². The Morgan fingerprint density at radius 1 is 1.32 bits per heavy atom. The lowest BCUT2D eigenvalue weighted by atomic mass is 9.99. The van der Waals surface area contributed by atoms with E-state index in [0.717, 1.165) is 26.2 Å². The maximum atomic E-state index is 4.69. The van der Waals surface area contributed by atoms with Gasteiger partial charge in [0, 0.05) is 18.8 Å². The molecular weight excluding hydrogens is 236 g/mol. The molecule has 1 aromatic heterocycles. The summed E-state index contributed by atoms with van der Waals surface area (Å²) >= 11 is 0. The molecule has 19 heavy (non-hydrogen) atoms. The lowest BCUT2D eigenvalue weighted by molar-refractivity contribution is 0.370. The summed E-state index contributed by atoms with van der Waals surface area (Å²) in [7, 11) is 4.20. The van der Waals surface area contributed by atoms with Crippen LogP contribution in [-0.2, 0) is 6.54 Å². The van der Waals surface area contributed by atoms with E-state index in [9.17, 15) is 0 Å². The van der Waals surface area contributed by atoms with Gasteiger partial charge in [-0.25, -0.2) is 0 Å². The number of aryl methyl sites for hydroxylation is 1. The van der Waals surface area contributed by atoms with Gasteiger partial charge < -0.3 is 10.2 Å². The summed E-state index contributed by atoms with van der Waals surface area (Å²) in [5.41, 5.74) is 3.93. The quantitative estimate of drug-likeness (QED) is 0.732. The molecule has 0 aliphatic carbocycles. The lowest BCUT2D eigenvalue weighted by Gasteiger charge is -2.14. The molecule has 1 aromatic rings. The summed E-state index contributed by atoms with van der Waals surface area (Å²) < 4.78 is 2.15. The van der Waals surface area contributed by atoms with Crippen molar-refractivity contribution in [3.63, 3.8) is 0 Å². The topological polar surface area (TPSA) is 33.1 Å². The molecule has 0 bridgehead atoms. The first-order valence-electron chi connectivity index (χ1n) is 7.36. The Morgan fingerprint density at radius 2 is 2.00 bits per heavy atom. The molecule has 0 aliphatic heterocycles. The maximum Gasteiger partial charge on any atom is 0.0631 e. The fourth-order valence-electron chi connectivity index (χ4n) is 2.53. The second-order valence-electron chi connectivity index (χ2n) is 5.72. The van der Waals surface area contributed by atoms with Crippen molar-refractivity contribution in [1.29, 1.82) is 0 Å². The van der Waals surface area contributed by atoms with E-state index in [1.807, 2.05) is 0 Å². The Morgan fingerprint density at radius 3 is 2.58 bits per heavy atom. The van der Waals surface area contributed by atoms with Crippen LogP contribution < -0.4 is 5.32 Å². The van der Waals surface area contributed by atoms with E-state index < -0.39 is 0 Å². The molecule has 1 rings (SSSR count). The highest BCUT2D eigenvalue weighted by Crippen LogP contribution is 2.22. The second kappa shape index (κ2) is 7.65. The summed E-state index contributed by atoms with van der Waals surface area (Å²) in [6.45, 7) is 12.9. The monoisotopic (exact) mass is 266 g/mol. The van der Waals surface area contributed by atoms with Crippen LogP contribution in [-0.4, -0.2) is 48.4 Å². The zero-order valence-corrected chi connectivity index (χ0v) is 13.5. The Labute approximate surface area is 118 Å². The fraction of sp³-hybridized carbons (Fsp3) is 0.800. The van der Waals surface area contributed by atoms with Crippen LogP contribution >= 0.6 is 0 Å². The van der Waals surface area contributed by atoms with Crippen LogP contribution in [0.2, 0.25) is 0 Å². The van der Waals surface area contributed by atoms with Crippen molar-refractivity contribution in [2.45, 2.75) is 46.6 Å². The van der Waals surface area contributed by atoms with Gasteiger partial charge in [-0.3, -0.25) is 4.68 Å².